The molecule has 22 heavy (non-hydrogen) atoms. The van der Waals surface area contributed by atoms with Crippen molar-refractivity contribution in [3.8, 4) is 0 Å². The maximum absolute atomic E-state index is 2.78. The van der Waals surface area contributed by atoms with Crippen LogP contribution in [0.15, 0.2) is 24.3 Å². The predicted molar refractivity (Wildman–Crippen MR) is 93.1 cm³/mol. The first-order valence-corrected chi connectivity index (χ1v) is 9.04. The molecule has 0 bridgehead atoms. The second-order valence-electron chi connectivity index (χ2n) is 7.27. The number of fused-ring (bicyclic) bond motifs is 5. The fourth-order valence-electron chi connectivity index (χ4n) is 5.13. The Labute approximate surface area is 134 Å². The summed E-state index contributed by atoms with van der Waals surface area (Å²) in [6.45, 7) is 7.31. The zero-order valence-corrected chi connectivity index (χ0v) is 14.2. The highest BCUT2D eigenvalue weighted by atomic mass is 15.2. The van der Waals surface area contributed by atoms with Gasteiger partial charge in [-0.05, 0) is 36.3 Å². The number of para-hydroxylation sites is 1. The van der Waals surface area contributed by atoms with Crippen molar-refractivity contribution in [1.82, 2.24) is 9.47 Å². The van der Waals surface area contributed by atoms with Gasteiger partial charge in [0.2, 0.25) is 0 Å². The van der Waals surface area contributed by atoms with Gasteiger partial charge in [-0.1, -0.05) is 44.9 Å². The summed E-state index contributed by atoms with van der Waals surface area (Å²) in [4.78, 5) is 2.78. The molecule has 1 saturated heterocycles. The molecule has 2 aromatic rings. The molecule has 4 rings (SSSR count). The number of hydrogen-bond acceptors (Lipinski definition) is 1. The summed E-state index contributed by atoms with van der Waals surface area (Å²) in [5.41, 5.74) is 4.66. The molecular formula is C20H28N2. The molecule has 0 spiro atoms. The third kappa shape index (κ3) is 1.96. The average Bonchev–Trinajstić information content (AvgIpc) is 2.87. The Kier molecular flexibility index (Phi) is 3.53. The summed E-state index contributed by atoms with van der Waals surface area (Å²) in [7, 11) is 2.28. The highest BCUT2D eigenvalue weighted by molar-refractivity contribution is 5.86. The monoisotopic (exact) mass is 296 g/mol. The van der Waals surface area contributed by atoms with Crippen LogP contribution < -0.4 is 0 Å². The largest absolute Gasteiger partial charge is 0.346 e. The van der Waals surface area contributed by atoms with Crippen LogP contribution in [0.25, 0.3) is 10.9 Å². The first-order chi connectivity index (χ1) is 10.7. The van der Waals surface area contributed by atoms with Crippen LogP contribution in [-0.2, 0) is 13.5 Å². The SMILES string of the molecule is CCC1CC2c3c(c4ccccc4n3C)CCN2CC1CC. The van der Waals surface area contributed by atoms with E-state index in [0.717, 1.165) is 11.8 Å². The number of nitrogens with zero attached hydrogens (tertiary/aromatic N) is 2. The van der Waals surface area contributed by atoms with E-state index in [1.165, 1.54) is 49.7 Å². The Morgan fingerprint density at radius 1 is 1.09 bits per heavy atom. The van der Waals surface area contributed by atoms with Crippen LogP contribution in [0.2, 0.25) is 0 Å². The molecule has 0 saturated carbocycles. The van der Waals surface area contributed by atoms with Crippen LogP contribution in [0, 0.1) is 11.8 Å². The van der Waals surface area contributed by atoms with E-state index in [0.29, 0.717) is 6.04 Å². The minimum atomic E-state index is 0.647. The molecule has 2 aliphatic heterocycles. The maximum atomic E-state index is 2.78. The van der Waals surface area contributed by atoms with Gasteiger partial charge < -0.3 is 4.57 Å². The molecule has 0 N–H and O–H groups in total. The van der Waals surface area contributed by atoms with Gasteiger partial charge in [-0.3, -0.25) is 4.90 Å². The lowest BCUT2D eigenvalue weighted by Crippen LogP contribution is -2.46. The van der Waals surface area contributed by atoms with E-state index in [2.05, 4.69) is 54.6 Å². The van der Waals surface area contributed by atoms with E-state index in [-0.39, 0.29) is 0 Å². The third-order valence-corrected chi connectivity index (χ3v) is 6.38. The molecule has 2 nitrogen and oxygen atoms in total. The summed E-state index contributed by atoms with van der Waals surface area (Å²) in [5.74, 6) is 1.80. The van der Waals surface area contributed by atoms with Crippen molar-refractivity contribution in [3.05, 3.63) is 35.5 Å². The highest BCUT2D eigenvalue weighted by Crippen LogP contribution is 2.45. The first kappa shape index (κ1) is 14.3. The number of rotatable bonds is 2. The van der Waals surface area contributed by atoms with Gasteiger partial charge in [0.25, 0.3) is 0 Å². The van der Waals surface area contributed by atoms with Gasteiger partial charge in [0, 0.05) is 36.7 Å². The topological polar surface area (TPSA) is 8.17 Å². The quantitative estimate of drug-likeness (QED) is 0.790. The smallest absolute Gasteiger partial charge is 0.0506 e. The molecule has 3 heterocycles. The number of benzene rings is 1. The third-order valence-electron chi connectivity index (χ3n) is 6.38. The lowest BCUT2D eigenvalue weighted by Gasteiger charge is -2.46. The maximum Gasteiger partial charge on any atom is 0.0506 e. The fraction of sp³-hybridized carbons (Fsp3) is 0.600. The van der Waals surface area contributed by atoms with Crippen LogP contribution in [0.5, 0.6) is 0 Å². The summed E-state index contributed by atoms with van der Waals surface area (Å²) >= 11 is 0. The van der Waals surface area contributed by atoms with E-state index in [1.54, 1.807) is 11.3 Å². The van der Waals surface area contributed by atoms with E-state index in [9.17, 15) is 0 Å². The van der Waals surface area contributed by atoms with Crippen LogP contribution in [0.1, 0.15) is 50.4 Å². The van der Waals surface area contributed by atoms with Gasteiger partial charge in [-0.25, -0.2) is 0 Å². The van der Waals surface area contributed by atoms with Gasteiger partial charge in [0.1, 0.15) is 0 Å². The van der Waals surface area contributed by atoms with Crippen molar-refractivity contribution in [2.45, 2.75) is 45.6 Å². The minimum Gasteiger partial charge on any atom is -0.346 e. The van der Waals surface area contributed by atoms with Crippen molar-refractivity contribution < 1.29 is 0 Å². The molecule has 0 radical (unpaired) electrons. The van der Waals surface area contributed by atoms with Crippen LogP contribution in [0.3, 0.4) is 0 Å². The number of hydrogen-bond donors (Lipinski definition) is 0. The highest BCUT2D eigenvalue weighted by Gasteiger charge is 2.39. The van der Waals surface area contributed by atoms with Crippen LogP contribution in [-0.4, -0.2) is 22.6 Å². The van der Waals surface area contributed by atoms with E-state index < -0.39 is 0 Å². The second-order valence-corrected chi connectivity index (χ2v) is 7.27. The first-order valence-electron chi connectivity index (χ1n) is 9.04. The van der Waals surface area contributed by atoms with Crippen LogP contribution >= 0.6 is 0 Å². The Balaban J connectivity index is 1.80. The van der Waals surface area contributed by atoms with Gasteiger partial charge in [-0.2, -0.15) is 0 Å². The summed E-state index contributed by atoms with van der Waals surface area (Å²) in [5, 5.41) is 1.49. The van der Waals surface area contributed by atoms with Crippen molar-refractivity contribution >= 4 is 10.9 Å². The number of aromatic nitrogens is 1. The summed E-state index contributed by atoms with van der Waals surface area (Å²) < 4.78 is 2.49. The second kappa shape index (κ2) is 5.42. The standard InChI is InChI=1S/C20H28N2/c1-4-14-12-19-20-17(10-11-22(19)13-15(14)5-2)16-8-6-7-9-18(16)21(20)3/h6-9,14-15,19H,4-5,10-13H2,1-3H3. The molecule has 2 heteroatoms. The van der Waals surface area contributed by atoms with E-state index >= 15 is 0 Å². The lowest BCUT2D eigenvalue weighted by atomic mass is 9.76. The van der Waals surface area contributed by atoms with Crippen molar-refractivity contribution in [1.29, 1.82) is 0 Å². The Morgan fingerprint density at radius 2 is 1.86 bits per heavy atom. The lowest BCUT2D eigenvalue weighted by molar-refractivity contribution is 0.0472. The average molecular weight is 296 g/mol. The fourth-order valence-corrected chi connectivity index (χ4v) is 5.13. The Morgan fingerprint density at radius 3 is 2.64 bits per heavy atom. The molecule has 1 aromatic carbocycles. The van der Waals surface area contributed by atoms with Gasteiger partial charge in [0.15, 0.2) is 0 Å². The number of aryl methyl sites for hydroxylation is 1. The zero-order chi connectivity index (χ0) is 15.3. The normalized spacial score (nSPS) is 28.6. The predicted octanol–water partition coefficient (Wildman–Crippen LogP) is 4.53. The van der Waals surface area contributed by atoms with Crippen molar-refractivity contribution in [2.75, 3.05) is 13.1 Å². The van der Waals surface area contributed by atoms with Gasteiger partial charge in [0.05, 0.1) is 6.04 Å². The molecule has 3 atom stereocenters. The number of piperidine rings is 1. The van der Waals surface area contributed by atoms with Gasteiger partial charge in [-0.15, -0.1) is 0 Å². The Hall–Kier alpha value is -1.28. The molecule has 0 aliphatic carbocycles. The molecule has 0 amide bonds. The van der Waals surface area contributed by atoms with Gasteiger partial charge >= 0.3 is 0 Å². The molecule has 118 valence electrons. The minimum absolute atomic E-state index is 0.647. The molecule has 3 unspecified atom stereocenters. The summed E-state index contributed by atoms with van der Waals surface area (Å²) in [6.07, 6.45) is 5.25. The van der Waals surface area contributed by atoms with Crippen molar-refractivity contribution in [2.24, 2.45) is 18.9 Å². The van der Waals surface area contributed by atoms with Crippen LogP contribution in [0.4, 0.5) is 0 Å². The van der Waals surface area contributed by atoms with E-state index in [4.69, 9.17) is 0 Å². The molecule has 2 aliphatic rings. The summed E-state index contributed by atoms with van der Waals surface area (Å²) in [6, 6.07) is 9.62. The zero-order valence-electron chi connectivity index (χ0n) is 14.2. The molecule has 1 fully saturated rings. The molecular weight excluding hydrogens is 268 g/mol. The van der Waals surface area contributed by atoms with Crippen molar-refractivity contribution in [3.63, 3.8) is 0 Å². The van der Waals surface area contributed by atoms with E-state index in [1.807, 2.05) is 0 Å². The molecule has 1 aromatic heterocycles. The Bertz CT molecular complexity index is 684.